The van der Waals surface area contributed by atoms with Crippen LogP contribution in [0.2, 0.25) is 0 Å². The lowest BCUT2D eigenvalue weighted by atomic mass is 9.90. The van der Waals surface area contributed by atoms with Gasteiger partial charge < -0.3 is 10.0 Å². The molecular formula is C17H18N4O3. The molecule has 1 saturated heterocycles. The Morgan fingerprint density at radius 3 is 2.42 bits per heavy atom. The fraction of sp³-hybridized carbons (Fsp3) is 0.412. The molecule has 1 N–H and O–H groups in total. The van der Waals surface area contributed by atoms with E-state index < -0.39 is 5.97 Å². The summed E-state index contributed by atoms with van der Waals surface area (Å²) in [6.45, 7) is 1.26. The van der Waals surface area contributed by atoms with Crippen molar-refractivity contribution in [3.05, 3.63) is 42.2 Å². The Bertz CT molecular complexity index is 762. The highest BCUT2D eigenvalue weighted by atomic mass is 16.4. The standard InChI is InChI=1S/C17H18N4O3/c22-15(12-1-3-13(4-2-12)21-10-7-18-19-21)20-8-5-17(6-9-20)11-14(17)16(23)24/h1-4,7,10,14H,5-6,8-9,11H2,(H,23,24). The molecule has 1 aliphatic heterocycles. The van der Waals surface area contributed by atoms with Crippen LogP contribution in [0.4, 0.5) is 0 Å². The van der Waals surface area contributed by atoms with Crippen LogP contribution >= 0.6 is 0 Å². The molecule has 1 aromatic carbocycles. The SMILES string of the molecule is O=C(O)C1CC12CCN(C(=O)c1ccc(-n3ccnn3)cc1)CC2. The zero-order valence-electron chi connectivity index (χ0n) is 13.1. The number of amides is 1. The third-order valence-corrected chi connectivity index (χ3v) is 5.34. The Hall–Kier alpha value is -2.70. The molecular weight excluding hydrogens is 308 g/mol. The lowest BCUT2D eigenvalue weighted by Gasteiger charge is -2.32. The van der Waals surface area contributed by atoms with Crippen molar-refractivity contribution in [1.29, 1.82) is 0 Å². The Morgan fingerprint density at radius 1 is 1.17 bits per heavy atom. The fourth-order valence-corrected chi connectivity index (χ4v) is 3.69. The number of rotatable bonds is 3. The normalized spacial score (nSPS) is 21.7. The van der Waals surface area contributed by atoms with Gasteiger partial charge in [0.2, 0.25) is 0 Å². The number of aliphatic carboxylic acids is 1. The van der Waals surface area contributed by atoms with E-state index in [1.807, 2.05) is 17.0 Å². The molecule has 2 aromatic rings. The zero-order chi connectivity index (χ0) is 16.7. The van der Waals surface area contributed by atoms with Crippen LogP contribution in [0.3, 0.4) is 0 Å². The molecule has 124 valence electrons. The van der Waals surface area contributed by atoms with Crippen molar-refractivity contribution in [2.24, 2.45) is 11.3 Å². The lowest BCUT2D eigenvalue weighted by molar-refractivity contribution is -0.139. The first kappa shape index (κ1) is 14.9. The van der Waals surface area contributed by atoms with Crippen molar-refractivity contribution in [3.8, 4) is 5.69 Å². The van der Waals surface area contributed by atoms with Crippen LogP contribution in [0.5, 0.6) is 0 Å². The first-order valence-corrected chi connectivity index (χ1v) is 8.08. The number of carbonyl (C=O) groups excluding carboxylic acids is 1. The number of carboxylic acid groups (broad SMARTS) is 1. The molecule has 7 heteroatoms. The average Bonchev–Trinajstić information content (AvgIpc) is 3.05. The van der Waals surface area contributed by atoms with Gasteiger partial charge in [0.05, 0.1) is 24.0 Å². The van der Waals surface area contributed by atoms with Gasteiger partial charge in [-0.15, -0.1) is 5.10 Å². The second kappa shape index (κ2) is 5.43. The van der Waals surface area contributed by atoms with Gasteiger partial charge in [0, 0.05) is 18.7 Å². The van der Waals surface area contributed by atoms with Crippen LogP contribution in [0.25, 0.3) is 5.69 Å². The molecule has 24 heavy (non-hydrogen) atoms. The first-order chi connectivity index (χ1) is 11.6. The summed E-state index contributed by atoms with van der Waals surface area (Å²) in [6.07, 6.45) is 5.68. The highest BCUT2D eigenvalue weighted by molar-refractivity contribution is 5.94. The molecule has 1 unspecified atom stereocenters. The molecule has 0 bridgehead atoms. The molecule has 1 amide bonds. The molecule has 2 fully saturated rings. The molecule has 1 atom stereocenters. The van der Waals surface area contributed by atoms with Crippen LogP contribution in [0.1, 0.15) is 29.6 Å². The number of aromatic nitrogens is 3. The summed E-state index contributed by atoms with van der Waals surface area (Å²) < 4.78 is 1.64. The topological polar surface area (TPSA) is 88.3 Å². The Kier molecular flexibility index (Phi) is 3.37. The van der Waals surface area contributed by atoms with E-state index in [2.05, 4.69) is 10.3 Å². The summed E-state index contributed by atoms with van der Waals surface area (Å²) in [5, 5.41) is 16.8. The largest absolute Gasteiger partial charge is 0.481 e. The maximum absolute atomic E-state index is 12.6. The van der Waals surface area contributed by atoms with Crippen LogP contribution in [0.15, 0.2) is 36.7 Å². The molecule has 0 radical (unpaired) electrons. The second-order valence-electron chi connectivity index (χ2n) is 6.64. The van der Waals surface area contributed by atoms with E-state index in [4.69, 9.17) is 5.11 Å². The maximum atomic E-state index is 12.6. The molecule has 1 aromatic heterocycles. The summed E-state index contributed by atoms with van der Waals surface area (Å²) in [5.41, 5.74) is 1.43. The van der Waals surface area contributed by atoms with Gasteiger partial charge in [0.15, 0.2) is 0 Å². The fourth-order valence-electron chi connectivity index (χ4n) is 3.69. The van der Waals surface area contributed by atoms with Gasteiger partial charge in [0.25, 0.3) is 5.91 Å². The average molecular weight is 326 g/mol. The van der Waals surface area contributed by atoms with Crippen LogP contribution in [0, 0.1) is 11.3 Å². The van der Waals surface area contributed by atoms with Crippen LogP contribution < -0.4 is 0 Å². The van der Waals surface area contributed by atoms with Gasteiger partial charge in [-0.1, -0.05) is 5.21 Å². The highest BCUT2D eigenvalue weighted by Crippen LogP contribution is 2.59. The Labute approximate surface area is 138 Å². The first-order valence-electron chi connectivity index (χ1n) is 8.08. The lowest BCUT2D eigenvalue weighted by Crippen LogP contribution is -2.40. The van der Waals surface area contributed by atoms with Gasteiger partial charge in [-0.3, -0.25) is 9.59 Å². The van der Waals surface area contributed by atoms with E-state index in [-0.39, 0.29) is 17.2 Å². The van der Waals surface area contributed by atoms with Gasteiger partial charge in [-0.05, 0) is 48.9 Å². The molecule has 1 spiro atoms. The number of carboxylic acids is 1. The highest BCUT2D eigenvalue weighted by Gasteiger charge is 2.59. The molecule has 1 saturated carbocycles. The van der Waals surface area contributed by atoms with Crippen molar-refractivity contribution in [1.82, 2.24) is 19.9 Å². The van der Waals surface area contributed by atoms with Crippen molar-refractivity contribution in [2.75, 3.05) is 13.1 Å². The second-order valence-corrected chi connectivity index (χ2v) is 6.64. The predicted octanol–water partition coefficient (Wildman–Crippen LogP) is 1.59. The summed E-state index contributed by atoms with van der Waals surface area (Å²) in [5.74, 6) is -0.905. The number of carbonyl (C=O) groups is 2. The van der Waals surface area contributed by atoms with E-state index in [9.17, 15) is 9.59 Å². The molecule has 1 aliphatic carbocycles. The van der Waals surface area contributed by atoms with E-state index in [1.165, 1.54) is 0 Å². The summed E-state index contributed by atoms with van der Waals surface area (Å²) in [7, 11) is 0. The minimum absolute atomic E-state index is 0.00233. The van der Waals surface area contributed by atoms with Gasteiger partial charge in [-0.2, -0.15) is 0 Å². The Morgan fingerprint density at radius 2 is 1.88 bits per heavy atom. The number of hydrogen-bond acceptors (Lipinski definition) is 4. The maximum Gasteiger partial charge on any atom is 0.307 e. The van der Waals surface area contributed by atoms with Gasteiger partial charge >= 0.3 is 5.97 Å². The number of benzene rings is 1. The molecule has 4 rings (SSSR count). The van der Waals surface area contributed by atoms with Crippen LogP contribution in [-0.4, -0.2) is 50.0 Å². The minimum atomic E-state index is -0.696. The van der Waals surface area contributed by atoms with Crippen LogP contribution in [-0.2, 0) is 4.79 Å². The van der Waals surface area contributed by atoms with Crippen molar-refractivity contribution < 1.29 is 14.7 Å². The van der Waals surface area contributed by atoms with Crippen molar-refractivity contribution >= 4 is 11.9 Å². The third-order valence-electron chi connectivity index (χ3n) is 5.34. The molecule has 2 heterocycles. The van der Waals surface area contributed by atoms with E-state index in [0.717, 1.165) is 24.9 Å². The quantitative estimate of drug-likeness (QED) is 0.925. The molecule has 2 aliphatic rings. The van der Waals surface area contributed by atoms with Crippen molar-refractivity contribution in [3.63, 3.8) is 0 Å². The van der Waals surface area contributed by atoms with E-state index >= 15 is 0 Å². The number of nitrogens with zero attached hydrogens (tertiary/aromatic N) is 4. The minimum Gasteiger partial charge on any atom is -0.481 e. The summed E-state index contributed by atoms with van der Waals surface area (Å²) in [6, 6.07) is 7.27. The number of likely N-dealkylation sites (tertiary alicyclic amines) is 1. The summed E-state index contributed by atoms with van der Waals surface area (Å²) >= 11 is 0. The smallest absolute Gasteiger partial charge is 0.307 e. The van der Waals surface area contributed by atoms with Gasteiger partial charge in [0.1, 0.15) is 0 Å². The third kappa shape index (κ3) is 2.46. The van der Waals surface area contributed by atoms with Gasteiger partial charge in [-0.25, -0.2) is 4.68 Å². The van der Waals surface area contributed by atoms with E-state index in [1.54, 1.807) is 29.2 Å². The summed E-state index contributed by atoms with van der Waals surface area (Å²) in [4.78, 5) is 25.6. The van der Waals surface area contributed by atoms with Crippen molar-refractivity contribution in [2.45, 2.75) is 19.3 Å². The zero-order valence-corrected chi connectivity index (χ0v) is 13.1. The number of hydrogen-bond donors (Lipinski definition) is 1. The number of piperidine rings is 1. The monoisotopic (exact) mass is 326 g/mol. The molecule has 7 nitrogen and oxygen atoms in total. The van der Waals surface area contributed by atoms with E-state index in [0.29, 0.717) is 18.7 Å². The Balaban J connectivity index is 1.41. The predicted molar refractivity (Wildman–Crippen MR) is 84.7 cm³/mol.